The molecule has 2 fully saturated rings. The molecule has 2 N–H and O–H groups in total. The highest BCUT2D eigenvalue weighted by molar-refractivity contribution is 5.98. The van der Waals surface area contributed by atoms with Crippen LogP contribution in [0.3, 0.4) is 0 Å². The number of amides is 1. The molecule has 2 bridgehead atoms. The first-order valence-corrected chi connectivity index (χ1v) is 7.68. The third-order valence-electron chi connectivity index (χ3n) is 5.07. The van der Waals surface area contributed by atoms with Crippen LogP contribution < -0.4 is 5.32 Å². The van der Waals surface area contributed by atoms with Crippen LogP contribution in [0.15, 0.2) is 30.3 Å². The summed E-state index contributed by atoms with van der Waals surface area (Å²) in [6, 6.07) is 10.4. The molecular weight excluding hydrogens is 248 g/mol. The van der Waals surface area contributed by atoms with E-state index >= 15 is 0 Å². The molecular formula is C17H20N2O. The smallest absolute Gasteiger partial charge is 0.267 e. The summed E-state index contributed by atoms with van der Waals surface area (Å²) in [5.74, 6) is 1.61. The first-order valence-electron chi connectivity index (χ1n) is 7.68. The van der Waals surface area contributed by atoms with Crippen LogP contribution >= 0.6 is 0 Å². The second-order valence-corrected chi connectivity index (χ2v) is 6.38. The Bertz CT molecular complexity index is 612. The molecule has 20 heavy (non-hydrogen) atoms. The number of para-hydroxylation sites is 1. The van der Waals surface area contributed by atoms with Crippen molar-refractivity contribution in [1.29, 1.82) is 0 Å². The highest BCUT2D eigenvalue weighted by Crippen LogP contribution is 2.42. The van der Waals surface area contributed by atoms with Crippen molar-refractivity contribution in [2.45, 2.75) is 38.1 Å². The van der Waals surface area contributed by atoms with Crippen LogP contribution in [0.25, 0.3) is 10.9 Å². The first kappa shape index (κ1) is 12.0. The van der Waals surface area contributed by atoms with Crippen LogP contribution in [-0.2, 0) is 0 Å². The Hall–Kier alpha value is -1.77. The predicted molar refractivity (Wildman–Crippen MR) is 79.6 cm³/mol. The maximum atomic E-state index is 12.4. The van der Waals surface area contributed by atoms with Gasteiger partial charge in [-0.3, -0.25) is 4.79 Å². The summed E-state index contributed by atoms with van der Waals surface area (Å²) in [6.07, 6.45) is 6.48. The van der Waals surface area contributed by atoms with E-state index in [1.807, 2.05) is 30.3 Å². The van der Waals surface area contributed by atoms with Gasteiger partial charge in [-0.1, -0.05) is 31.0 Å². The molecule has 3 nitrogen and oxygen atoms in total. The standard InChI is InChI=1S/C17H20N2O/c20-17(16-10-13-5-1-2-7-14(13)18-16)19-15-9-11-4-3-6-12(15)8-11/h1-2,5,7,10-12,15,18H,3-4,6,8-9H2,(H,19,20). The molecule has 3 heteroatoms. The third kappa shape index (κ3) is 2.01. The van der Waals surface area contributed by atoms with Gasteiger partial charge in [-0.25, -0.2) is 0 Å². The van der Waals surface area contributed by atoms with Crippen LogP contribution in [0.1, 0.15) is 42.6 Å². The molecule has 2 saturated carbocycles. The van der Waals surface area contributed by atoms with Crippen LogP contribution in [0, 0.1) is 11.8 Å². The molecule has 104 valence electrons. The third-order valence-corrected chi connectivity index (χ3v) is 5.07. The van der Waals surface area contributed by atoms with E-state index in [0.29, 0.717) is 17.7 Å². The Morgan fingerprint density at radius 3 is 2.95 bits per heavy atom. The fourth-order valence-electron chi connectivity index (χ4n) is 4.08. The number of aromatic nitrogens is 1. The lowest BCUT2D eigenvalue weighted by Gasteiger charge is -2.21. The van der Waals surface area contributed by atoms with Gasteiger partial charge in [0.1, 0.15) is 5.69 Å². The van der Waals surface area contributed by atoms with Crippen molar-refractivity contribution in [3.8, 4) is 0 Å². The van der Waals surface area contributed by atoms with E-state index in [4.69, 9.17) is 0 Å². The van der Waals surface area contributed by atoms with Crippen LogP contribution in [0.5, 0.6) is 0 Å². The molecule has 4 rings (SSSR count). The van der Waals surface area contributed by atoms with Gasteiger partial charge in [-0.2, -0.15) is 0 Å². The minimum Gasteiger partial charge on any atom is -0.351 e. The van der Waals surface area contributed by atoms with E-state index in [9.17, 15) is 4.79 Å². The first-order chi connectivity index (χ1) is 9.79. The maximum absolute atomic E-state index is 12.4. The van der Waals surface area contributed by atoms with Crippen LogP contribution in [0.4, 0.5) is 0 Å². The normalized spacial score (nSPS) is 28.7. The van der Waals surface area contributed by atoms with Crippen molar-refractivity contribution in [2.75, 3.05) is 0 Å². The van der Waals surface area contributed by atoms with Gasteiger partial charge in [0.15, 0.2) is 0 Å². The molecule has 1 heterocycles. The van der Waals surface area contributed by atoms with E-state index in [1.54, 1.807) is 0 Å². The monoisotopic (exact) mass is 268 g/mol. The molecule has 2 aromatic rings. The quantitative estimate of drug-likeness (QED) is 0.860. The van der Waals surface area contributed by atoms with Gasteiger partial charge < -0.3 is 10.3 Å². The number of benzene rings is 1. The lowest BCUT2D eigenvalue weighted by molar-refractivity contribution is 0.0923. The van der Waals surface area contributed by atoms with Crippen molar-refractivity contribution in [2.24, 2.45) is 11.8 Å². The lowest BCUT2D eigenvalue weighted by atomic mass is 9.89. The van der Waals surface area contributed by atoms with E-state index in [2.05, 4.69) is 10.3 Å². The summed E-state index contributed by atoms with van der Waals surface area (Å²) in [7, 11) is 0. The fourth-order valence-corrected chi connectivity index (χ4v) is 4.08. The van der Waals surface area contributed by atoms with E-state index < -0.39 is 0 Å². The predicted octanol–water partition coefficient (Wildman–Crippen LogP) is 3.48. The number of hydrogen-bond acceptors (Lipinski definition) is 1. The zero-order valence-electron chi connectivity index (χ0n) is 11.6. The number of hydrogen-bond donors (Lipinski definition) is 2. The number of carbonyl (C=O) groups is 1. The van der Waals surface area contributed by atoms with Gasteiger partial charge in [0.25, 0.3) is 5.91 Å². The molecule has 3 unspecified atom stereocenters. The zero-order valence-corrected chi connectivity index (χ0v) is 11.6. The minimum absolute atomic E-state index is 0.0544. The Kier molecular flexibility index (Phi) is 2.79. The molecule has 0 spiro atoms. The lowest BCUT2D eigenvalue weighted by Crippen LogP contribution is -2.37. The van der Waals surface area contributed by atoms with Gasteiger partial charge in [0, 0.05) is 16.9 Å². The highest BCUT2D eigenvalue weighted by Gasteiger charge is 2.37. The van der Waals surface area contributed by atoms with Crippen molar-refractivity contribution < 1.29 is 4.79 Å². The molecule has 2 aliphatic rings. The molecule has 3 atom stereocenters. The molecule has 0 radical (unpaired) electrons. The Morgan fingerprint density at radius 1 is 1.20 bits per heavy atom. The van der Waals surface area contributed by atoms with Crippen molar-refractivity contribution >= 4 is 16.8 Å². The number of nitrogens with one attached hydrogen (secondary N) is 2. The van der Waals surface area contributed by atoms with Gasteiger partial charge in [-0.15, -0.1) is 0 Å². The summed E-state index contributed by atoms with van der Waals surface area (Å²) in [6.45, 7) is 0. The van der Waals surface area contributed by atoms with Crippen LogP contribution in [-0.4, -0.2) is 16.9 Å². The van der Waals surface area contributed by atoms with Gasteiger partial charge in [0.2, 0.25) is 0 Å². The molecule has 1 aromatic carbocycles. The number of fused-ring (bicyclic) bond motifs is 3. The van der Waals surface area contributed by atoms with Crippen molar-refractivity contribution in [3.05, 3.63) is 36.0 Å². The molecule has 1 aromatic heterocycles. The fraction of sp³-hybridized carbons (Fsp3) is 0.471. The molecule has 0 aliphatic heterocycles. The Balaban J connectivity index is 1.52. The largest absolute Gasteiger partial charge is 0.351 e. The SMILES string of the molecule is O=C(NC1CC2CCCC1C2)c1cc2ccccc2[nH]1. The summed E-state index contributed by atoms with van der Waals surface area (Å²) < 4.78 is 0. The summed E-state index contributed by atoms with van der Waals surface area (Å²) >= 11 is 0. The molecule has 0 saturated heterocycles. The summed E-state index contributed by atoms with van der Waals surface area (Å²) in [4.78, 5) is 15.6. The summed E-state index contributed by atoms with van der Waals surface area (Å²) in [5, 5.41) is 4.36. The van der Waals surface area contributed by atoms with Gasteiger partial charge in [-0.05, 0) is 43.2 Å². The van der Waals surface area contributed by atoms with Crippen molar-refractivity contribution in [3.63, 3.8) is 0 Å². The molecule has 1 amide bonds. The second-order valence-electron chi connectivity index (χ2n) is 6.38. The topological polar surface area (TPSA) is 44.9 Å². The number of rotatable bonds is 2. The van der Waals surface area contributed by atoms with E-state index in [1.165, 1.54) is 32.1 Å². The number of aromatic amines is 1. The number of carbonyl (C=O) groups excluding carboxylic acids is 1. The average molecular weight is 268 g/mol. The van der Waals surface area contributed by atoms with Gasteiger partial charge in [0.05, 0.1) is 0 Å². The van der Waals surface area contributed by atoms with E-state index in [-0.39, 0.29) is 5.91 Å². The zero-order chi connectivity index (χ0) is 13.5. The Morgan fingerprint density at radius 2 is 2.10 bits per heavy atom. The average Bonchev–Trinajstić information content (AvgIpc) is 3.01. The van der Waals surface area contributed by atoms with E-state index in [0.717, 1.165) is 16.8 Å². The second kappa shape index (κ2) is 4.65. The number of H-pyrrole nitrogens is 1. The highest BCUT2D eigenvalue weighted by atomic mass is 16.1. The molecule has 2 aliphatic carbocycles. The Labute approximate surface area is 118 Å². The summed E-state index contributed by atoms with van der Waals surface area (Å²) in [5.41, 5.74) is 1.72. The van der Waals surface area contributed by atoms with Gasteiger partial charge >= 0.3 is 0 Å². The maximum Gasteiger partial charge on any atom is 0.267 e. The minimum atomic E-state index is 0.0544. The van der Waals surface area contributed by atoms with Crippen molar-refractivity contribution in [1.82, 2.24) is 10.3 Å². The van der Waals surface area contributed by atoms with Crippen LogP contribution in [0.2, 0.25) is 0 Å².